The molecule has 1 saturated heterocycles. The first-order valence-electron chi connectivity index (χ1n) is 12.6. The number of benzene rings is 2. The summed E-state index contributed by atoms with van der Waals surface area (Å²) in [5.41, 5.74) is 4.13. The molecule has 192 valence electrons. The second kappa shape index (κ2) is 11.9. The molecule has 0 bridgehead atoms. The highest BCUT2D eigenvalue weighted by Crippen LogP contribution is 2.24. The maximum Gasteiger partial charge on any atom is 0.179 e. The molecule has 0 spiro atoms. The average Bonchev–Trinajstić information content (AvgIpc) is 3.36. The van der Waals surface area contributed by atoms with Gasteiger partial charge in [0.2, 0.25) is 0 Å². The fourth-order valence-electron chi connectivity index (χ4n) is 4.56. The molecule has 5 rings (SSSR count). The molecule has 0 radical (unpaired) electrons. The van der Waals surface area contributed by atoms with E-state index < -0.39 is 0 Å². The van der Waals surface area contributed by atoms with Gasteiger partial charge in [-0.3, -0.25) is 0 Å². The van der Waals surface area contributed by atoms with Gasteiger partial charge in [0.15, 0.2) is 5.82 Å². The zero-order valence-corrected chi connectivity index (χ0v) is 21.1. The van der Waals surface area contributed by atoms with E-state index in [-0.39, 0.29) is 6.61 Å². The molecular weight excluding hydrogens is 468 g/mol. The van der Waals surface area contributed by atoms with Gasteiger partial charge in [-0.15, -0.1) is 5.11 Å². The normalized spacial score (nSPS) is 14.1. The van der Waals surface area contributed by atoms with Crippen molar-refractivity contribution in [2.24, 2.45) is 10.2 Å². The number of aliphatic hydroxyl groups is 1. The Kier molecular flexibility index (Phi) is 8.02. The van der Waals surface area contributed by atoms with E-state index in [2.05, 4.69) is 32.2 Å². The predicted octanol–water partition coefficient (Wildman–Crippen LogP) is 4.75. The van der Waals surface area contributed by atoms with Gasteiger partial charge in [0.25, 0.3) is 0 Å². The number of aryl methyl sites for hydroxylation is 2. The number of rotatable bonds is 10. The maximum absolute atomic E-state index is 9.46. The van der Waals surface area contributed by atoms with Crippen molar-refractivity contribution in [1.82, 2.24) is 15.0 Å². The van der Waals surface area contributed by atoms with E-state index in [1.54, 1.807) is 7.11 Å². The highest BCUT2D eigenvalue weighted by molar-refractivity contribution is 5.82. The van der Waals surface area contributed by atoms with Crippen LogP contribution in [0.2, 0.25) is 0 Å². The van der Waals surface area contributed by atoms with Gasteiger partial charge in [0.05, 0.1) is 33.5 Å². The number of azo groups is 1. The Labute approximate surface area is 216 Å². The van der Waals surface area contributed by atoms with Gasteiger partial charge < -0.3 is 24.5 Å². The lowest BCUT2D eigenvalue weighted by Gasteiger charge is -2.28. The number of morpholine rings is 1. The van der Waals surface area contributed by atoms with Crippen LogP contribution in [0.5, 0.6) is 5.75 Å². The number of fused-ring (bicyclic) bond motifs is 1. The molecule has 4 aromatic rings. The molecule has 0 amide bonds. The van der Waals surface area contributed by atoms with Crippen LogP contribution in [0.3, 0.4) is 0 Å². The first kappa shape index (κ1) is 24.9. The molecule has 0 saturated carbocycles. The van der Waals surface area contributed by atoms with Crippen LogP contribution in [0.4, 0.5) is 11.6 Å². The number of ether oxygens (including phenoxy) is 2. The van der Waals surface area contributed by atoms with Gasteiger partial charge in [-0.25, -0.2) is 9.97 Å². The number of aromatic amines is 1. The first-order valence-corrected chi connectivity index (χ1v) is 12.6. The molecule has 9 heteroatoms. The Balaban J connectivity index is 1.30. The van der Waals surface area contributed by atoms with Crippen molar-refractivity contribution in [3.8, 4) is 5.75 Å². The Morgan fingerprint density at radius 2 is 1.92 bits per heavy atom. The van der Waals surface area contributed by atoms with Gasteiger partial charge in [-0.2, -0.15) is 5.11 Å². The van der Waals surface area contributed by atoms with E-state index in [0.29, 0.717) is 37.7 Å². The quantitative estimate of drug-likeness (QED) is 0.304. The lowest BCUT2D eigenvalue weighted by molar-refractivity contribution is 0.122. The second-order valence-electron chi connectivity index (χ2n) is 9.02. The van der Waals surface area contributed by atoms with Gasteiger partial charge in [-0.1, -0.05) is 30.3 Å². The van der Waals surface area contributed by atoms with Gasteiger partial charge in [-0.05, 0) is 30.5 Å². The first-order chi connectivity index (χ1) is 18.2. The van der Waals surface area contributed by atoms with Crippen molar-refractivity contribution in [2.45, 2.75) is 32.4 Å². The molecule has 0 unspecified atom stereocenters. The summed E-state index contributed by atoms with van der Waals surface area (Å²) in [7, 11) is 1.62. The summed E-state index contributed by atoms with van der Waals surface area (Å²) in [6.07, 6.45) is 4.42. The van der Waals surface area contributed by atoms with Crippen LogP contribution in [0.25, 0.3) is 10.9 Å². The molecule has 3 heterocycles. The fraction of sp³-hybridized carbons (Fsp3) is 0.357. The van der Waals surface area contributed by atoms with E-state index in [1.165, 1.54) is 0 Å². The van der Waals surface area contributed by atoms with Crippen LogP contribution in [-0.2, 0) is 30.7 Å². The minimum atomic E-state index is -0.0384. The highest BCUT2D eigenvalue weighted by Gasteiger charge is 2.15. The van der Waals surface area contributed by atoms with E-state index in [9.17, 15) is 5.11 Å². The molecule has 2 N–H and O–H groups in total. The average molecular weight is 501 g/mol. The topological polar surface area (TPSA) is 108 Å². The van der Waals surface area contributed by atoms with Gasteiger partial charge in [0, 0.05) is 53.8 Å². The second-order valence-corrected chi connectivity index (χ2v) is 9.02. The molecule has 2 aromatic carbocycles. The molecule has 1 aliphatic rings. The fourth-order valence-corrected chi connectivity index (χ4v) is 4.56. The number of nitrogens with zero attached hydrogens (tertiary/aromatic N) is 5. The third-order valence-corrected chi connectivity index (χ3v) is 6.56. The lowest BCUT2D eigenvalue weighted by Crippen LogP contribution is -2.36. The van der Waals surface area contributed by atoms with Crippen LogP contribution in [-0.4, -0.2) is 53.5 Å². The number of hydrogen-bond acceptors (Lipinski definition) is 8. The molecule has 1 fully saturated rings. The number of aliphatic hydroxyl groups excluding tert-OH is 1. The molecule has 2 aromatic heterocycles. The van der Waals surface area contributed by atoms with Crippen molar-refractivity contribution in [3.05, 3.63) is 77.2 Å². The summed E-state index contributed by atoms with van der Waals surface area (Å²) in [6.45, 7) is 3.38. The number of aromatic nitrogens is 3. The van der Waals surface area contributed by atoms with Crippen molar-refractivity contribution < 1.29 is 14.6 Å². The van der Waals surface area contributed by atoms with E-state index in [0.717, 1.165) is 65.2 Å². The van der Waals surface area contributed by atoms with E-state index in [4.69, 9.17) is 19.4 Å². The van der Waals surface area contributed by atoms with Crippen molar-refractivity contribution in [3.63, 3.8) is 0 Å². The maximum atomic E-state index is 9.46. The third kappa shape index (κ3) is 6.12. The lowest BCUT2D eigenvalue weighted by atomic mass is 10.0. The molecule has 1 aliphatic heterocycles. The van der Waals surface area contributed by atoms with E-state index >= 15 is 0 Å². The van der Waals surface area contributed by atoms with Crippen LogP contribution in [0.15, 0.2) is 65.0 Å². The number of methoxy groups -OCH3 is 1. The Morgan fingerprint density at radius 3 is 2.76 bits per heavy atom. The summed E-state index contributed by atoms with van der Waals surface area (Å²) in [6, 6.07) is 16.0. The monoisotopic (exact) mass is 500 g/mol. The minimum Gasteiger partial charge on any atom is -0.496 e. The summed E-state index contributed by atoms with van der Waals surface area (Å²) < 4.78 is 10.9. The van der Waals surface area contributed by atoms with Crippen molar-refractivity contribution in [1.29, 1.82) is 0 Å². The number of H-pyrrole nitrogens is 1. The Bertz CT molecular complexity index is 1360. The van der Waals surface area contributed by atoms with E-state index in [1.807, 2.05) is 42.6 Å². The summed E-state index contributed by atoms with van der Waals surface area (Å²) in [4.78, 5) is 15.0. The van der Waals surface area contributed by atoms with Crippen LogP contribution >= 0.6 is 0 Å². The minimum absolute atomic E-state index is 0.0384. The van der Waals surface area contributed by atoms with Gasteiger partial charge in [0.1, 0.15) is 17.4 Å². The van der Waals surface area contributed by atoms with Gasteiger partial charge >= 0.3 is 0 Å². The van der Waals surface area contributed by atoms with Crippen LogP contribution in [0.1, 0.15) is 28.9 Å². The summed E-state index contributed by atoms with van der Waals surface area (Å²) >= 11 is 0. The molecular formula is C28H32N6O3. The molecule has 0 aliphatic carbocycles. The zero-order chi connectivity index (χ0) is 25.5. The third-order valence-electron chi connectivity index (χ3n) is 6.56. The Morgan fingerprint density at radius 1 is 1.05 bits per heavy atom. The predicted molar refractivity (Wildman–Crippen MR) is 143 cm³/mol. The highest BCUT2D eigenvalue weighted by atomic mass is 16.5. The van der Waals surface area contributed by atoms with Crippen molar-refractivity contribution >= 4 is 22.5 Å². The van der Waals surface area contributed by atoms with Crippen molar-refractivity contribution in [2.75, 3.05) is 38.3 Å². The number of hydrogen-bond donors (Lipinski definition) is 2. The summed E-state index contributed by atoms with van der Waals surface area (Å²) in [5, 5.41) is 19.6. The molecule has 9 nitrogen and oxygen atoms in total. The summed E-state index contributed by atoms with van der Waals surface area (Å²) in [5.74, 6) is 2.90. The number of anilines is 1. The van der Waals surface area contributed by atoms with Crippen LogP contribution < -0.4 is 9.64 Å². The standard InChI is InChI=1S/C28H32N6O3/c1-36-25-15-20(9-10-21(25)19-35)5-4-8-26-31-27(16-28(32-26)34-11-13-37-14-12-34)33-30-18-22-17-29-24-7-3-2-6-23(22)24/h2-3,6-7,9-10,15-17,29,35H,4-5,8,11-14,18-19H2,1H3. The smallest absolute Gasteiger partial charge is 0.179 e. The molecule has 37 heavy (non-hydrogen) atoms. The Hall–Kier alpha value is -3.82. The molecule has 0 atom stereocenters. The number of para-hydroxylation sites is 1. The SMILES string of the molecule is COc1cc(CCCc2nc(N=NCc3c[nH]c4ccccc34)cc(N3CCOCC3)n2)ccc1CO. The zero-order valence-electron chi connectivity index (χ0n) is 21.1. The number of nitrogens with one attached hydrogen (secondary N) is 1. The largest absolute Gasteiger partial charge is 0.496 e. The van der Waals surface area contributed by atoms with Crippen LogP contribution in [0, 0.1) is 0 Å².